The molecule has 0 spiro atoms. The van der Waals surface area contributed by atoms with Gasteiger partial charge in [-0.15, -0.1) is 0 Å². The minimum atomic E-state index is -1.37. The van der Waals surface area contributed by atoms with E-state index in [9.17, 15) is 14.7 Å². The smallest absolute Gasteiger partial charge is 0.330 e. The lowest BCUT2D eigenvalue weighted by atomic mass is 9.54. The van der Waals surface area contributed by atoms with Crippen LogP contribution in [0.3, 0.4) is 0 Å². The van der Waals surface area contributed by atoms with Gasteiger partial charge in [-0.2, -0.15) is 0 Å². The van der Waals surface area contributed by atoms with Crippen LogP contribution in [-0.4, -0.2) is 41.8 Å². The third-order valence-electron chi connectivity index (χ3n) is 5.14. The summed E-state index contributed by atoms with van der Waals surface area (Å²) < 4.78 is 11.2. The topological polar surface area (TPSA) is 84.9 Å². The van der Waals surface area contributed by atoms with Gasteiger partial charge in [0.05, 0.1) is 6.10 Å². The van der Waals surface area contributed by atoms with Crippen molar-refractivity contribution in [2.45, 2.75) is 51.9 Å². The first kappa shape index (κ1) is 19.4. The van der Waals surface area contributed by atoms with Crippen LogP contribution in [0.1, 0.15) is 45.8 Å². The lowest BCUT2D eigenvalue weighted by molar-refractivity contribution is -0.196. The maximum absolute atomic E-state index is 12.9. The van der Waals surface area contributed by atoms with E-state index in [4.69, 9.17) is 9.47 Å². The normalized spacial score (nSPS) is 25.7. The average molecular weight is 349 g/mol. The zero-order valence-electron chi connectivity index (χ0n) is 15.2. The summed E-state index contributed by atoms with van der Waals surface area (Å²) in [6.45, 7) is 8.14. The summed E-state index contributed by atoms with van der Waals surface area (Å²) in [6, 6.07) is 9.08. The molecule has 2 rings (SSSR count). The first-order valence-electron chi connectivity index (χ1n) is 8.63. The molecule has 6 nitrogen and oxygen atoms in total. The molecule has 0 saturated heterocycles. The molecule has 3 unspecified atom stereocenters. The number of hydrogen-bond acceptors (Lipinski definition) is 4. The lowest BCUT2D eigenvalue weighted by Gasteiger charge is -2.58. The molecule has 0 aliphatic heterocycles. The summed E-state index contributed by atoms with van der Waals surface area (Å²) in [5.41, 5.74) is -1.40. The Labute approximate surface area is 148 Å². The zero-order chi connectivity index (χ0) is 18.7. The van der Waals surface area contributed by atoms with Crippen LogP contribution in [0.2, 0.25) is 0 Å². The van der Waals surface area contributed by atoms with Gasteiger partial charge in [0.15, 0.2) is 6.10 Å². The van der Waals surface area contributed by atoms with Crippen molar-refractivity contribution in [2.75, 3.05) is 13.2 Å². The second-order valence-electron chi connectivity index (χ2n) is 6.82. The number of aliphatic carboxylic acids is 1. The standard InChI is InChI=1S/C19H27NO5/c1-5-24-14-12-19(17(22)23,18(14,3)4)20-16(21)15(25-6-2)13-10-8-7-9-11-13/h7-11,14-15H,5-6,12H2,1-4H3,(H,20,21)(H,22,23). The van der Waals surface area contributed by atoms with Gasteiger partial charge < -0.3 is 19.9 Å². The number of carbonyl (C=O) groups is 2. The molecular weight excluding hydrogens is 322 g/mol. The molecule has 138 valence electrons. The van der Waals surface area contributed by atoms with E-state index in [1.807, 2.05) is 39.0 Å². The first-order chi connectivity index (χ1) is 11.8. The van der Waals surface area contributed by atoms with Gasteiger partial charge in [0.2, 0.25) is 0 Å². The van der Waals surface area contributed by atoms with Gasteiger partial charge >= 0.3 is 5.97 Å². The molecule has 1 aromatic carbocycles. The van der Waals surface area contributed by atoms with Crippen molar-refractivity contribution < 1.29 is 24.2 Å². The number of benzene rings is 1. The van der Waals surface area contributed by atoms with E-state index in [1.165, 1.54) is 0 Å². The summed E-state index contributed by atoms with van der Waals surface area (Å²) in [7, 11) is 0. The van der Waals surface area contributed by atoms with Crippen molar-refractivity contribution in [1.82, 2.24) is 5.32 Å². The van der Waals surface area contributed by atoms with E-state index in [2.05, 4.69) is 5.32 Å². The van der Waals surface area contributed by atoms with Crippen molar-refractivity contribution in [1.29, 1.82) is 0 Å². The largest absolute Gasteiger partial charge is 0.479 e. The summed E-state index contributed by atoms with van der Waals surface area (Å²) in [4.78, 5) is 24.9. The molecular formula is C19H27NO5. The van der Waals surface area contributed by atoms with Crippen LogP contribution >= 0.6 is 0 Å². The monoisotopic (exact) mass is 349 g/mol. The Morgan fingerprint density at radius 2 is 1.88 bits per heavy atom. The van der Waals surface area contributed by atoms with E-state index in [0.29, 0.717) is 18.8 Å². The molecule has 25 heavy (non-hydrogen) atoms. The van der Waals surface area contributed by atoms with Gasteiger partial charge in [-0.05, 0) is 19.4 Å². The number of carboxylic acid groups (broad SMARTS) is 1. The molecule has 1 saturated carbocycles. The van der Waals surface area contributed by atoms with Crippen LogP contribution in [0.4, 0.5) is 0 Å². The van der Waals surface area contributed by atoms with Crippen molar-refractivity contribution >= 4 is 11.9 Å². The van der Waals surface area contributed by atoms with Gasteiger partial charge in [-0.25, -0.2) is 4.79 Å². The highest BCUT2D eigenvalue weighted by atomic mass is 16.5. The minimum absolute atomic E-state index is 0.212. The summed E-state index contributed by atoms with van der Waals surface area (Å²) in [5, 5.41) is 12.6. The number of rotatable bonds is 8. The van der Waals surface area contributed by atoms with Crippen LogP contribution in [0.15, 0.2) is 30.3 Å². The maximum Gasteiger partial charge on any atom is 0.330 e. The first-order valence-corrected chi connectivity index (χ1v) is 8.63. The lowest BCUT2D eigenvalue weighted by Crippen LogP contribution is -2.76. The molecule has 2 N–H and O–H groups in total. The maximum atomic E-state index is 12.9. The predicted octanol–water partition coefficient (Wildman–Crippen LogP) is 2.54. The van der Waals surface area contributed by atoms with Gasteiger partial charge in [0, 0.05) is 25.0 Å². The molecule has 1 aromatic rings. The molecule has 1 amide bonds. The molecule has 6 heteroatoms. The Balaban J connectivity index is 2.24. The molecule has 0 radical (unpaired) electrons. The van der Waals surface area contributed by atoms with E-state index < -0.39 is 28.9 Å². The predicted molar refractivity (Wildman–Crippen MR) is 93.1 cm³/mol. The summed E-state index contributed by atoms with van der Waals surface area (Å²) in [5.74, 6) is -1.50. The Bertz CT molecular complexity index is 616. The second-order valence-corrected chi connectivity index (χ2v) is 6.82. The Morgan fingerprint density at radius 1 is 1.24 bits per heavy atom. The molecule has 3 atom stereocenters. The van der Waals surface area contributed by atoms with Crippen LogP contribution in [-0.2, 0) is 19.1 Å². The third kappa shape index (κ3) is 3.41. The zero-order valence-corrected chi connectivity index (χ0v) is 15.2. The van der Waals surface area contributed by atoms with Crippen molar-refractivity contribution in [2.24, 2.45) is 5.41 Å². The van der Waals surface area contributed by atoms with E-state index in [1.54, 1.807) is 19.1 Å². The highest BCUT2D eigenvalue weighted by Gasteiger charge is 2.66. The summed E-state index contributed by atoms with van der Waals surface area (Å²) in [6.07, 6.45) is -0.816. The molecule has 0 heterocycles. The van der Waals surface area contributed by atoms with Crippen LogP contribution in [0.5, 0.6) is 0 Å². The number of carboxylic acids is 1. The van der Waals surface area contributed by atoms with Crippen LogP contribution in [0.25, 0.3) is 0 Å². The Kier molecular flexibility index (Phi) is 5.85. The van der Waals surface area contributed by atoms with Gasteiger partial charge in [-0.1, -0.05) is 44.2 Å². The molecule has 0 aromatic heterocycles. The number of carbonyl (C=O) groups excluding carboxylic acids is 1. The summed E-state index contributed by atoms with van der Waals surface area (Å²) >= 11 is 0. The molecule has 1 fully saturated rings. The average Bonchev–Trinajstić information content (AvgIpc) is 2.58. The van der Waals surface area contributed by atoms with E-state index in [0.717, 1.165) is 0 Å². The number of amides is 1. The fourth-order valence-corrected chi connectivity index (χ4v) is 3.43. The quantitative estimate of drug-likeness (QED) is 0.753. The van der Waals surface area contributed by atoms with E-state index >= 15 is 0 Å². The molecule has 1 aliphatic carbocycles. The highest BCUT2D eigenvalue weighted by molar-refractivity contribution is 5.91. The van der Waals surface area contributed by atoms with Crippen molar-refractivity contribution in [3.8, 4) is 0 Å². The molecule has 1 aliphatic rings. The van der Waals surface area contributed by atoms with Crippen LogP contribution < -0.4 is 5.32 Å². The fraction of sp³-hybridized carbons (Fsp3) is 0.579. The van der Waals surface area contributed by atoms with Gasteiger partial charge in [0.25, 0.3) is 5.91 Å². The van der Waals surface area contributed by atoms with Crippen molar-refractivity contribution in [3.63, 3.8) is 0 Å². The Hall–Kier alpha value is -1.92. The van der Waals surface area contributed by atoms with Crippen LogP contribution in [0, 0.1) is 5.41 Å². The number of nitrogens with one attached hydrogen (secondary N) is 1. The number of hydrogen-bond donors (Lipinski definition) is 2. The Morgan fingerprint density at radius 3 is 2.36 bits per heavy atom. The van der Waals surface area contributed by atoms with Crippen molar-refractivity contribution in [3.05, 3.63) is 35.9 Å². The van der Waals surface area contributed by atoms with E-state index in [-0.39, 0.29) is 12.5 Å². The number of ether oxygens (including phenoxy) is 2. The second kappa shape index (κ2) is 7.54. The minimum Gasteiger partial charge on any atom is -0.479 e. The third-order valence-corrected chi connectivity index (χ3v) is 5.14. The highest BCUT2D eigenvalue weighted by Crippen LogP contribution is 2.51. The fourth-order valence-electron chi connectivity index (χ4n) is 3.43. The molecule has 0 bridgehead atoms. The SMILES string of the molecule is CCOC(C(=O)NC1(C(=O)O)CC(OCC)C1(C)C)c1ccccc1. The van der Waals surface area contributed by atoms with Gasteiger partial charge in [-0.3, -0.25) is 4.79 Å². The van der Waals surface area contributed by atoms with Gasteiger partial charge in [0.1, 0.15) is 5.54 Å².